The summed E-state index contributed by atoms with van der Waals surface area (Å²) < 4.78 is 5.59. The fraction of sp³-hybridized carbons (Fsp3) is 0.333. The van der Waals surface area contributed by atoms with E-state index in [2.05, 4.69) is 5.32 Å². The molecule has 0 heterocycles. The van der Waals surface area contributed by atoms with Crippen molar-refractivity contribution < 1.29 is 14.3 Å². The van der Waals surface area contributed by atoms with Crippen molar-refractivity contribution in [3.63, 3.8) is 0 Å². The van der Waals surface area contributed by atoms with Gasteiger partial charge in [0.25, 0.3) is 5.91 Å². The average molecular weight is 389 g/mol. The van der Waals surface area contributed by atoms with Crippen LogP contribution in [0.4, 0.5) is 0 Å². The Kier molecular flexibility index (Phi) is 7.67. The highest BCUT2D eigenvalue weighted by molar-refractivity contribution is 6.30. The summed E-state index contributed by atoms with van der Waals surface area (Å²) in [5.74, 6) is 0.114. The summed E-state index contributed by atoms with van der Waals surface area (Å²) >= 11 is 5.86. The van der Waals surface area contributed by atoms with Gasteiger partial charge in [-0.2, -0.15) is 0 Å². The second-order valence-electron chi connectivity index (χ2n) is 6.29. The number of aryl methyl sites for hydroxylation is 1. The van der Waals surface area contributed by atoms with Crippen molar-refractivity contribution >= 4 is 23.4 Å². The molecule has 144 valence electrons. The lowest BCUT2D eigenvalue weighted by molar-refractivity contribution is -0.142. The van der Waals surface area contributed by atoms with E-state index in [1.165, 1.54) is 0 Å². The maximum Gasteiger partial charge on any atom is 0.261 e. The Balaban J connectivity index is 2.17. The predicted molar refractivity (Wildman–Crippen MR) is 107 cm³/mol. The number of carbonyl (C=O) groups is 2. The Hall–Kier alpha value is -2.53. The van der Waals surface area contributed by atoms with Crippen molar-refractivity contribution in [2.75, 3.05) is 13.7 Å². The van der Waals surface area contributed by atoms with Crippen LogP contribution in [-0.4, -0.2) is 36.4 Å². The molecular formula is C21H25ClN2O3. The number of carbonyl (C=O) groups excluding carboxylic acids is 2. The van der Waals surface area contributed by atoms with Crippen LogP contribution in [0, 0.1) is 6.92 Å². The summed E-state index contributed by atoms with van der Waals surface area (Å²) in [5, 5.41) is 3.24. The largest absolute Gasteiger partial charge is 0.484 e. The van der Waals surface area contributed by atoms with Crippen LogP contribution in [0.2, 0.25) is 5.02 Å². The van der Waals surface area contributed by atoms with Crippen molar-refractivity contribution in [3.05, 3.63) is 64.7 Å². The number of hydrogen-bond acceptors (Lipinski definition) is 3. The average Bonchev–Trinajstić information content (AvgIpc) is 2.67. The van der Waals surface area contributed by atoms with Gasteiger partial charge in [0.2, 0.25) is 5.91 Å². The van der Waals surface area contributed by atoms with Crippen LogP contribution in [0.25, 0.3) is 0 Å². The Morgan fingerprint density at radius 2 is 1.89 bits per heavy atom. The first kappa shape index (κ1) is 20.8. The van der Waals surface area contributed by atoms with E-state index < -0.39 is 6.04 Å². The first-order valence-corrected chi connectivity index (χ1v) is 9.27. The molecule has 2 rings (SSSR count). The van der Waals surface area contributed by atoms with Crippen LogP contribution in [-0.2, 0) is 16.1 Å². The number of nitrogens with one attached hydrogen (secondary N) is 1. The van der Waals surface area contributed by atoms with Crippen LogP contribution < -0.4 is 10.1 Å². The molecule has 0 spiro atoms. The molecule has 1 unspecified atom stereocenters. The third-order valence-electron chi connectivity index (χ3n) is 4.24. The molecule has 5 nitrogen and oxygen atoms in total. The molecule has 27 heavy (non-hydrogen) atoms. The second-order valence-corrected chi connectivity index (χ2v) is 6.73. The fourth-order valence-corrected chi connectivity index (χ4v) is 2.98. The molecule has 0 aliphatic heterocycles. The Morgan fingerprint density at radius 1 is 1.19 bits per heavy atom. The number of benzene rings is 2. The topological polar surface area (TPSA) is 58.6 Å². The summed E-state index contributed by atoms with van der Waals surface area (Å²) in [5.41, 5.74) is 2.07. The van der Waals surface area contributed by atoms with Crippen molar-refractivity contribution in [1.29, 1.82) is 0 Å². The molecule has 0 bridgehead atoms. The quantitative estimate of drug-likeness (QED) is 0.751. The van der Waals surface area contributed by atoms with Gasteiger partial charge in [0, 0.05) is 18.6 Å². The maximum absolute atomic E-state index is 12.9. The summed E-state index contributed by atoms with van der Waals surface area (Å²) in [6.07, 6.45) is 0.512. The zero-order valence-corrected chi connectivity index (χ0v) is 16.6. The zero-order valence-electron chi connectivity index (χ0n) is 15.9. The summed E-state index contributed by atoms with van der Waals surface area (Å²) in [6.45, 7) is 4.07. The monoisotopic (exact) mass is 388 g/mol. The normalized spacial score (nSPS) is 11.6. The molecule has 2 aromatic rings. The predicted octanol–water partition coefficient (Wildman–Crippen LogP) is 3.58. The van der Waals surface area contributed by atoms with E-state index >= 15 is 0 Å². The fourth-order valence-electron chi connectivity index (χ4n) is 2.85. The second kappa shape index (κ2) is 9.97. The Bertz CT molecular complexity index is 777. The highest BCUT2D eigenvalue weighted by atomic mass is 35.5. The van der Waals surface area contributed by atoms with E-state index in [1.807, 2.05) is 38.1 Å². The smallest absolute Gasteiger partial charge is 0.261 e. The van der Waals surface area contributed by atoms with Gasteiger partial charge in [0.05, 0.1) is 0 Å². The number of hydrogen-bond donors (Lipinski definition) is 1. The maximum atomic E-state index is 12.9. The van der Waals surface area contributed by atoms with Crippen LogP contribution in [0.15, 0.2) is 48.5 Å². The standard InChI is InChI=1S/C21H25ClN2O3/c1-4-19(21(26)23-3)24(13-16-7-5-6-15(2)12-16)20(25)14-27-18-10-8-17(22)9-11-18/h5-12,19H,4,13-14H2,1-3H3,(H,23,26). The van der Waals surface area contributed by atoms with E-state index in [1.54, 1.807) is 36.2 Å². The van der Waals surface area contributed by atoms with E-state index in [4.69, 9.17) is 16.3 Å². The zero-order chi connectivity index (χ0) is 19.8. The van der Waals surface area contributed by atoms with Gasteiger partial charge in [-0.1, -0.05) is 48.4 Å². The third-order valence-corrected chi connectivity index (χ3v) is 4.50. The van der Waals surface area contributed by atoms with Crippen LogP contribution in [0.1, 0.15) is 24.5 Å². The molecule has 0 aromatic heterocycles. The van der Waals surface area contributed by atoms with Crippen LogP contribution in [0.5, 0.6) is 5.75 Å². The van der Waals surface area contributed by atoms with Gasteiger partial charge in [-0.25, -0.2) is 0 Å². The van der Waals surface area contributed by atoms with Gasteiger partial charge in [0.15, 0.2) is 6.61 Å². The lowest BCUT2D eigenvalue weighted by Crippen LogP contribution is -2.49. The molecule has 0 fully saturated rings. The van der Waals surface area contributed by atoms with Gasteiger partial charge in [-0.05, 0) is 43.2 Å². The lowest BCUT2D eigenvalue weighted by Gasteiger charge is -2.30. The minimum atomic E-state index is -0.558. The van der Waals surface area contributed by atoms with Crippen molar-refractivity contribution in [2.45, 2.75) is 32.9 Å². The van der Waals surface area contributed by atoms with Crippen LogP contribution >= 0.6 is 11.6 Å². The first-order valence-electron chi connectivity index (χ1n) is 8.89. The van der Waals surface area contributed by atoms with Crippen LogP contribution in [0.3, 0.4) is 0 Å². The first-order chi connectivity index (χ1) is 12.9. The number of likely N-dealkylation sites (N-methyl/N-ethyl adjacent to an activating group) is 1. The van der Waals surface area contributed by atoms with Gasteiger partial charge >= 0.3 is 0 Å². The number of halogens is 1. The van der Waals surface area contributed by atoms with E-state index in [0.717, 1.165) is 11.1 Å². The molecule has 2 aromatic carbocycles. The number of ether oxygens (including phenoxy) is 1. The minimum absolute atomic E-state index is 0.152. The lowest BCUT2D eigenvalue weighted by atomic mass is 10.1. The summed E-state index contributed by atoms with van der Waals surface area (Å²) in [7, 11) is 1.57. The molecule has 0 radical (unpaired) electrons. The van der Waals surface area contributed by atoms with Crippen molar-refractivity contribution in [1.82, 2.24) is 10.2 Å². The molecule has 2 amide bonds. The van der Waals surface area contributed by atoms with Gasteiger partial charge in [-0.15, -0.1) is 0 Å². The van der Waals surface area contributed by atoms with E-state index in [-0.39, 0.29) is 18.4 Å². The molecule has 0 saturated carbocycles. The molecule has 0 aliphatic rings. The number of nitrogens with zero attached hydrogens (tertiary/aromatic N) is 1. The SMILES string of the molecule is CCC(C(=O)NC)N(Cc1cccc(C)c1)C(=O)COc1ccc(Cl)cc1. The molecule has 0 saturated heterocycles. The number of rotatable bonds is 8. The minimum Gasteiger partial charge on any atom is -0.484 e. The molecule has 1 N–H and O–H groups in total. The third kappa shape index (κ3) is 6.00. The molecule has 6 heteroatoms. The van der Waals surface area contributed by atoms with Crippen molar-refractivity contribution in [2.24, 2.45) is 0 Å². The summed E-state index contributed by atoms with van der Waals surface area (Å²) in [4.78, 5) is 26.8. The van der Waals surface area contributed by atoms with E-state index in [9.17, 15) is 9.59 Å². The molecular weight excluding hydrogens is 364 g/mol. The molecule has 0 aliphatic carbocycles. The number of amides is 2. The van der Waals surface area contributed by atoms with Gasteiger partial charge < -0.3 is 15.0 Å². The molecule has 1 atom stereocenters. The highest BCUT2D eigenvalue weighted by Crippen LogP contribution is 2.17. The summed E-state index contributed by atoms with van der Waals surface area (Å²) in [6, 6.07) is 14.1. The Morgan fingerprint density at radius 3 is 2.48 bits per heavy atom. The van der Waals surface area contributed by atoms with Gasteiger partial charge in [0.1, 0.15) is 11.8 Å². The van der Waals surface area contributed by atoms with Gasteiger partial charge in [-0.3, -0.25) is 9.59 Å². The highest BCUT2D eigenvalue weighted by Gasteiger charge is 2.28. The Labute approximate surface area is 165 Å². The van der Waals surface area contributed by atoms with Crippen molar-refractivity contribution in [3.8, 4) is 5.75 Å². The van der Waals surface area contributed by atoms with E-state index in [0.29, 0.717) is 23.7 Å².